The van der Waals surface area contributed by atoms with E-state index in [2.05, 4.69) is 4.98 Å². The highest BCUT2D eigenvalue weighted by Gasteiger charge is 2.12. The lowest BCUT2D eigenvalue weighted by molar-refractivity contribution is 0.355. The molecule has 0 spiro atoms. The fourth-order valence-electron chi connectivity index (χ4n) is 2.20. The molecule has 0 saturated heterocycles. The van der Waals surface area contributed by atoms with Crippen molar-refractivity contribution in [3.63, 3.8) is 0 Å². The summed E-state index contributed by atoms with van der Waals surface area (Å²) in [5, 5.41) is 0. The number of aromatic nitrogens is 2. The number of nitrogens with one attached hydrogen (secondary N) is 1. The Balaban J connectivity index is 2.16. The second-order valence-corrected chi connectivity index (χ2v) is 4.71. The van der Waals surface area contributed by atoms with Crippen molar-refractivity contribution < 1.29 is 13.9 Å². The highest BCUT2D eigenvalue weighted by molar-refractivity contribution is 7.71. The van der Waals surface area contributed by atoms with Crippen LogP contribution in [0.1, 0.15) is 5.76 Å². The average molecular weight is 290 g/mol. The number of rotatable bonds is 4. The molecule has 1 aromatic carbocycles. The highest BCUT2D eigenvalue weighted by atomic mass is 32.1. The summed E-state index contributed by atoms with van der Waals surface area (Å²) >= 11 is 5.37. The maximum absolute atomic E-state index is 5.38. The lowest BCUT2D eigenvalue weighted by atomic mass is 10.2. The van der Waals surface area contributed by atoms with E-state index in [4.69, 9.17) is 26.1 Å². The Morgan fingerprint density at radius 1 is 1.25 bits per heavy atom. The number of nitrogens with zero attached hydrogens (tertiary/aromatic N) is 1. The molecule has 3 aromatic rings. The van der Waals surface area contributed by atoms with Crippen LogP contribution < -0.4 is 9.47 Å². The quantitative estimate of drug-likeness (QED) is 0.749. The van der Waals surface area contributed by atoms with Gasteiger partial charge in [0.2, 0.25) is 0 Å². The zero-order chi connectivity index (χ0) is 14.1. The SMILES string of the molecule is COc1cc2[nH]c(=S)n(Cc3ccco3)c2cc1OC. The molecule has 2 aromatic heterocycles. The topological polar surface area (TPSA) is 52.3 Å². The van der Waals surface area contributed by atoms with Gasteiger partial charge in [-0.2, -0.15) is 0 Å². The first-order chi connectivity index (χ1) is 9.72. The number of hydrogen-bond donors (Lipinski definition) is 1. The lowest BCUT2D eigenvalue weighted by Gasteiger charge is -2.08. The van der Waals surface area contributed by atoms with Gasteiger partial charge in [0.15, 0.2) is 16.3 Å². The zero-order valence-corrected chi connectivity index (χ0v) is 12.0. The van der Waals surface area contributed by atoms with Gasteiger partial charge in [-0.1, -0.05) is 0 Å². The molecule has 0 saturated carbocycles. The molecule has 0 bridgehead atoms. The normalized spacial score (nSPS) is 10.9. The first-order valence-electron chi connectivity index (χ1n) is 6.10. The van der Waals surface area contributed by atoms with E-state index in [-0.39, 0.29) is 0 Å². The summed E-state index contributed by atoms with van der Waals surface area (Å²) in [6, 6.07) is 7.56. The Labute approximate surface area is 120 Å². The number of hydrogen-bond acceptors (Lipinski definition) is 4. The molecule has 5 nitrogen and oxygen atoms in total. The summed E-state index contributed by atoms with van der Waals surface area (Å²) in [6.07, 6.45) is 1.65. The minimum absolute atomic E-state index is 0.571. The fourth-order valence-corrected chi connectivity index (χ4v) is 2.47. The fraction of sp³-hybridized carbons (Fsp3) is 0.214. The molecule has 0 aliphatic rings. The van der Waals surface area contributed by atoms with Crippen molar-refractivity contribution in [1.82, 2.24) is 9.55 Å². The molecule has 0 atom stereocenters. The van der Waals surface area contributed by atoms with Gasteiger partial charge < -0.3 is 23.4 Å². The Kier molecular flexibility index (Phi) is 3.23. The molecule has 6 heteroatoms. The van der Waals surface area contributed by atoms with Crippen molar-refractivity contribution in [1.29, 1.82) is 0 Å². The maximum Gasteiger partial charge on any atom is 0.178 e. The molecule has 0 radical (unpaired) electrons. The van der Waals surface area contributed by atoms with Gasteiger partial charge in [-0.3, -0.25) is 0 Å². The molecule has 0 amide bonds. The summed E-state index contributed by atoms with van der Waals surface area (Å²) < 4.78 is 18.6. The van der Waals surface area contributed by atoms with Gasteiger partial charge in [-0.15, -0.1) is 0 Å². The average Bonchev–Trinajstić information content (AvgIpc) is 3.06. The highest BCUT2D eigenvalue weighted by Crippen LogP contribution is 2.32. The van der Waals surface area contributed by atoms with E-state index in [1.807, 2.05) is 28.8 Å². The van der Waals surface area contributed by atoms with E-state index in [1.165, 1.54) is 0 Å². The van der Waals surface area contributed by atoms with Gasteiger partial charge in [0, 0.05) is 12.1 Å². The van der Waals surface area contributed by atoms with Crippen molar-refractivity contribution in [3.05, 3.63) is 41.1 Å². The van der Waals surface area contributed by atoms with Crippen LogP contribution in [-0.4, -0.2) is 23.8 Å². The van der Waals surface area contributed by atoms with Gasteiger partial charge in [-0.05, 0) is 24.4 Å². The molecule has 0 aliphatic heterocycles. The van der Waals surface area contributed by atoms with E-state index in [1.54, 1.807) is 20.5 Å². The largest absolute Gasteiger partial charge is 0.493 e. The number of methoxy groups -OCH3 is 2. The number of benzene rings is 1. The molecule has 3 rings (SSSR count). The van der Waals surface area contributed by atoms with Crippen molar-refractivity contribution in [2.75, 3.05) is 14.2 Å². The minimum Gasteiger partial charge on any atom is -0.493 e. The number of H-pyrrole nitrogens is 1. The number of fused-ring (bicyclic) bond motifs is 1. The van der Waals surface area contributed by atoms with Crippen molar-refractivity contribution in [3.8, 4) is 11.5 Å². The second kappa shape index (κ2) is 5.05. The predicted octanol–water partition coefficient (Wildman–Crippen LogP) is 3.36. The van der Waals surface area contributed by atoms with Gasteiger partial charge >= 0.3 is 0 Å². The van der Waals surface area contributed by atoms with Crippen molar-refractivity contribution in [2.24, 2.45) is 0 Å². The molecule has 0 aliphatic carbocycles. The van der Waals surface area contributed by atoms with E-state index < -0.39 is 0 Å². The summed E-state index contributed by atoms with van der Waals surface area (Å²) in [5.74, 6) is 2.18. The van der Waals surface area contributed by atoms with E-state index in [0.29, 0.717) is 22.8 Å². The monoisotopic (exact) mass is 290 g/mol. The number of aromatic amines is 1. The first kappa shape index (κ1) is 12.8. The summed E-state index contributed by atoms with van der Waals surface area (Å²) in [6.45, 7) is 0.571. The van der Waals surface area contributed by atoms with Crippen LogP contribution >= 0.6 is 12.2 Å². The van der Waals surface area contributed by atoms with Crippen LogP contribution in [0.15, 0.2) is 34.9 Å². The number of imidazole rings is 1. The van der Waals surface area contributed by atoms with Crippen LogP contribution in [-0.2, 0) is 6.54 Å². The predicted molar refractivity (Wildman–Crippen MR) is 78.0 cm³/mol. The van der Waals surface area contributed by atoms with Crippen molar-refractivity contribution in [2.45, 2.75) is 6.54 Å². The number of furan rings is 1. The third-order valence-corrected chi connectivity index (χ3v) is 3.50. The van der Waals surface area contributed by atoms with Crippen LogP contribution in [0.4, 0.5) is 0 Å². The first-order valence-corrected chi connectivity index (χ1v) is 6.50. The maximum atomic E-state index is 5.38. The minimum atomic E-state index is 0.571. The molecule has 20 heavy (non-hydrogen) atoms. The van der Waals surface area contributed by atoms with Gasteiger partial charge in [0.1, 0.15) is 5.76 Å². The standard InChI is InChI=1S/C14H14N2O3S/c1-17-12-6-10-11(7-13(12)18-2)16(14(20)15-10)8-9-4-3-5-19-9/h3-7H,8H2,1-2H3,(H,15,20). The van der Waals surface area contributed by atoms with Gasteiger partial charge in [0.05, 0.1) is 38.1 Å². The Morgan fingerprint density at radius 3 is 2.65 bits per heavy atom. The second-order valence-electron chi connectivity index (χ2n) is 4.32. The molecule has 0 unspecified atom stereocenters. The lowest BCUT2D eigenvalue weighted by Crippen LogP contribution is -1.99. The van der Waals surface area contributed by atoms with Crippen LogP contribution in [0.3, 0.4) is 0 Å². The molecule has 2 heterocycles. The van der Waals surface area contributed by atoms with Crippen molar-refractivity contribution >= 4 is 23.3 Å². The Morgan fingerprint density at radius 2 is 2.00 bits per heavy atom. The molecular formula is C14H14N2O3S. The van der Waals surface area contributed by atoms with Crippen LogP contribution in [0.5, 0.6) is 11.5 Å². The molecule has 104 valence electrons. The third-order valence-electron chi connectivity index (χ3n) is 3.17. The Bertz CT molecular complexity index is 787. The van der Waals surface area contributed by atoms with Crippen LogP contribution in [0, 0.1) is 4.77 Å². The molecule has 1 N–H and O–H groups in total. The molecule has 0 fully saturated rings. The number of ether oxygens (including phenoxy) is 2. The van der Waals surface area contributed by atoms with E-state index in [9.17, 15) is 0 Å². The smallest absolute Gasteiger partial charge is 0.178 e. The Hall–Kier alpha value is -2.21. The van der Waals surface area contributed by atoms with Gasteiger partial charge in [-0.25, -0.2) is 0 Å². The zero-order valence-electron chi connectivity index (χ0n) is 11.2. The summed E-state index contributed by atoms with van der Waals surface area (Å²) in [5.41, 5.74) is 1.85. The summed E-state index contributed by atoms with van der Waals surface area (Å²) in [7, 11) is 3.22. The van der Waals surface area contributed by atoms with Crippen LogP contribution in [0.2, 0.25) is 0 Å². The van der Waals surface area contributed by atoms with Gasteiger partial charge in [0.25, 0.3) is 0 Å². The van der Waals surface area contributed by atoms with Crippen LogP contribution in [0.25, 0.3) is 11.0 Å². The van der Waals surface area contributed by atoms with E-state index in [0.717, 1.165) is 16.8 Å². The third kappa shape index (κ3) is 2.08. The molecular weight excluding hydrogens is 276 g/mol. The summed E-state index contributed by atoms with van der Waals surface area (Å²) in [4.78, 5) is 3.17. The van der Waals surface area contributed by atoms with E-state index >= 15 is 0 Å².